The number of benzene rings is 2. The molecule has 0 bridgehead atoms. The molecule has 2 rings (SSSR count). The van der Waals surface area contributed by atoms with Crippen LogP contribution in [0.1, 0.15) is 22.3 Å². The highest BCUT2D eigenvalue weighted by atomic mass is 32.2. The highest BCUT2D eigenvalue weighted by molar-refractivity contribution is 7.91. The largest absolute Gasteiger partial charge is 0.355 e. The van der Waals surface area contributed by atoms with E-state index < -0.39 is 15.7 Å². The molecule has 0 saturated heterocycles. The van der Waals surface area contributed by atoms with Crippen molar-refractivity contribution in [3.8, 4) is 0 Å². The van der Waals surface area contributed by atoms with Crippen LogP contribution in [0.5, 0.6) is 0 Å². The third-order valence-corrected chi connectivity index (χ3v) is 5.35. The van der Waals surface area contributed by atoms with Crippen molar-refractivity contribution in [3.05, 3.63) is 59.7 Å². The van der Waals surface area contributed by atoms with Gasteiger partial charge in [0.15, 0.2) is 9.84 Å². The van der Waals surface area contributed by atoms with Crippen LogP contribution in [-0.4, -0.2) is 33.0 Å². The summed E-state index contributed by atoms with van der Waals surface area (Å²) in [6.07, 6.45) is -0.166. The maximum Gasteiger partial charge on any atom is 0.251 e. The van der Waals surface area contributed by atoms with Crippen molar-refractivity contribution >= 4 is 27.3 Å². The lowest BCUT2D eigenvalue weighted by Gasteiger charge is -2.08. The molecule has 0 spiro atoms. The normalized spacial score (nSPS) is 11.0. The fourth-order valence-electron chi connectivity index (χ4n) is 2.20. The summed E-state index contributed by atoms with van der Waals surface area (Å²) in [4.78, 5) is 23.8. The van der Waals surface area contributed by atoms with Crippen LogP contribution in [0.2, 0.25) is 0 Å². The van der Waals surface area contributed by atoms with Gasteiger partial charge in [-0.2, -0.15) is 0 Å². The van der Waals surface area contributed by atoms with E-state index in [1.54, 1.807) is 30.3 Å². The van der Waals surface area contributed by atoms with Gasteiger partial charge in [-0.1, -0.05) is 23.8 Å². The van der Waals surface area contributed by atoms with E-state index in [1.807, 2.05) is 6.92 Å². The van der Waals surface area contributed by atoms with Gasteiger partial charge in [0, 0.05) is 24.7 Å². The van der Waals surface area contributed by atoms with Crippen molar-refractivity contribution in [2.75, 3.05) is 18.1 Å². The van der Waals surface area contributed by atoms with Crippen molar-refractivity contribution in [1.29, 1.82) is 0 Å². The van der Waals surface area contributed by atoms with Crippen LogP contribution in [0.4, 0.5) is 5.69 Å². The van der Waals surface area contributed by atoms with Crippen molar-refractivity contribution in [2.45, 2.75) is 18.2 Å². The Morgan fingerprint density at radius 1 is 1.04 bits per heavy atom. The predicted octanol–water partition coefficient (Wildman–Crippen LogP) is 2.16. The zero-order valence-electron chi connectivity index (χ0n) is 14.1. The smallest absolute Gasteiger partial charge is 0.251 e. The van der Waals surface area contributed by atoms with E-state index in [-0.39, 0.29) is 23.0 Å². The lowest BCUT2D eigenvalue weighted by atomic mass is 10.2. The summed E-state index contributed by atoms with van der Waals surface area (Å²) < 4.78 is 24.5. The van der Waals surface area contributed by atoms with E-state index in [9.17, 15) is 18.0 Å². The molecule has 0 aromatic heterocycles. The summed E-state index contributed by atoms with van der Waals surface area (Å²) >= 11 is 0. The summed E-state index contributed by atoms with van der Waals surface area (Å²) in [7, 11) is -2.00. The van der Waals surface area contributed by atoms with Crippen LogP contribution in [-0.2, 0) is 14.6 Å². The van der Waals surface area contributed by atoms with Gasteiger partial charge in [-0.15, -0.1) is 0 Å². The first-order valence-corrected chi connectivity index (χ1v) is 9.38. The Balaban J connectivity index is 1.99. The molecular weight excluding hydrogens is 340 g/mol. The molecule has 6 nitrogen and oxygen atoms in total. The average Bonchev–Trinajstić information content (AvgIpc) is 2.60. The first kappa shape index (κ1) is 18.7. The average molecular weight is 360 g/mol. The molecule has 25 heavy (non-hydrogen) atoms. The monoisotopic (exact) mass is 360 g/mol. The Morgan fingerprint density at radius 3 is 2.36 bits per heavy atom. The van der Waals surface area contributed by atoms with E-state index in [2.05, 4.69) is 10.6 Å². The van der Waals surface area contributed by atoms with Crippen molar-refractivity contribution in [2.24, 2.45) is 0 Å². The molecule has 0 heterocycles. The molecule has 0 aliphatic heterocycles. The van der Waals surface area contributed by atoms with Crippen LogP contribution < -0.4 is 10.6 Å². The maximum absolute atomic E-state index is 12.2. The van der Waals surface area contributed by atoms with E-state index in [0.717, 1.165) is 5.56 Å². The minimum absolute atomic E-state index is 0.166. The Kier molecular flexibility index (Phi) is 5.93. The predicted molar refractivity (Wildman–Crippen MR) is 96.3 cm³/mol. The quantitative estimate of drug-likeness (QED) is 0.826. The summed E-state index contributed by atoms with van der Waals surface area (Å²) in [5.41, 5.74) is 1.82. The van der Waals surface area contributed by atoms with E-state index >= 15 is 0 Å². The van der Waals surface area contributed by atoms with Gasteiger partial charge >= 0.3 is 0 Å². The molecule has 0 radical (unpaired) electrons. The second-order valence-electron chi connectivity index (χ2n) is 5.59. The van der Waals surface area contributed by atoms with Gasteiger partial charge in [-0.25, -0.2) is 8.42 Å². The molecule has 0 aliphatic carbocycles. The number of hydrogen-bond donors (Lipinski definition) is 2. The number of aryl methyl sites for hydroxylation is 1. The number of rotatable bonds is 6. The highest BCUT2D eigenvalue weighted by Crippen LogP contribution is 2.14. The lowest BCUT2D eigenvalue weighted by molar-refractivity contribution is -0.115. The SMILES string of the molecule is CNC(=O)c1cccc(NC(=O)CCS(=O)(=O)c2ccc(C)cc2)c1. The summed E-state index contributed by atoms with van der Waals surface area (Å²) in [6.45, 7) is 1.87. The van der Waals surface area contributed by atoms with Crippen molar-refractivity contribution in [1.82, 2.24) is 5.32 Å². The third kappa shape index (κ3) is 5.15. The number of carbonyl (C=O) groups is 2. The zero-order chi connectivity index (χ0) is 18.4. The van der Waals surface area contributed by atoms with Gasteiger partial charge in [0.2, 0.25) is 5.91 Å². The number of amides is 2. The summed E-state index contributed by atoms with van der Waals surface area (Å²) in [6, 6.07) is 12.9. The van der Waals surface area contributed by atoms with Gasteiger partial charge in [0.1, 0.15) is 0 Å². The van der Waals surface area contributed by atoms with Crippen LogP contribution in [0, 0.1) is 6.92 Å². The molecule has 2 aromatic carbocycles. The minimum Gasteiger partial charge on any atom is -0.355 e. The van der Waals surface area contributed by atoms with Crippen LogP contribution >= 0.6 is 0 Å². The Bertz CT molecular complexity index is 874. The molecule has 0 aliphatic rings. The molecule has 132 valence electrons. The number of nitrogens with one attached hydrogen (secondary N) is 2. The number of carbonyl (C=O) groups excluding carboxylic acids is 2. The lowest BCUT2D eigenvalue weighted by Crippen LogP contribution is -2.19. The number of hydrogen-bond acceptors (Lipinski definition) is 4. The maximum atomic E-state index is 12.2. The topological polar surface area (TPSA) is 92.3 Å². The second kappa shape index (κ2) is 7.94. The van der Waals surface area contributed by atoms with Gasteiger partial charge in [0.25, 0.3) is 5.91 Å². The van der Waals surface area contributed by atoms with Crippen LogP contribution in [0.3, 0.4) is 0 Å². The molecule has 0 fully saturated rings. The number of anilines is 1. The molecule has 2 amide bonds. The van der Waals surface area contributed by atoms with Gasteiger partial charge in [-0.3, -0.25) is 9.59 Å². The minimum atomic E-state index is -3.51. The first-order chi connectivity index (χ1) is 11.8. The van der Waals surface area contributed by atoms with Gasteiger partial charge < -0.3 is 10.6 Å². The van der Waals surface area contributed by atoms with Crippen LogP contribution in [0.15, 0.2) is 53.4 Å². The summed E-state index contributed by atoms with van der Waals surface area (Å²) in [5, 5.41) is 5.11. The molecule has 0 atom stereocenters. The molecule has 7 heteroatoms. The molecule has 2 N–H and O–H groups in total. The van der Waals surface area contributed by atoms with Crippen molar-refractivity contribution in [3.63, 3.8) is 0 Å². The van der Waals surface area contributed by atoms with E-state index in [0.29, 0.717) is 11.3 Å². The second-order valence-corrected chi connectivity index (χ2v) is 7.70. The van der Waals surface area contributed by atoms with E-state index in [1.165, 1.54) is 25.2 Å². The molecule has 0 unspecified atom stereocenters. The third-order valence-electron chi connectivity index (χ3n) is 3.61. The Labute approximate surface area is 147 Å². The first-order valence-electron chi connectivity index (χ1n) is 7.73. The molecular formula is C18H20N2O4S. The van der Waals surface area contributed by atoms with Crippen LogP contribution in [0.25, 0.3) is 0 Å². The van der Waals surface area contributed by atoms with Crippen molar-refractivity contribution < 1.29 is 18.0 Å². The number of sulfone groups is 1. The zero-order valence-corrected chi connectivity index (χ0v) is 14.9. The standard InChI is InChI=1S/C18H20N2O4S/c1-13-6-8-16(9-7-13)25(23,24)11-10-17(21)20-15-5-3-4-14(12-15)18(22)19-2/h3-9,12H,10-11H2,1-2H3,(H,19,22)(H,20,21). The fraction of sp³-hybridized carbons (Fsp3) is 0.222. The Hall–Kier alpha value is -2.67. The molecule has 0 saturated carbocycles. The molecule has 2 aromatic rings. The van der Waals surface area contributed by atoms with Gasteiger partial charge in [0.05, 0.1) is 10.6 Å². The van der Waals surface area contributed by atoms with Gasteiger partial charge in [-0.05, 0) is 37.3 Å². The fourth-order valence-corrected chi connectivity index (χ4v) is 3.44. The van der Waals surface area contributed by atoms with E-state index in [4.69, 9.17) is 0 Å². The Morgan fingerprint density at radius 2 is 1.72 bits per heavy atom. The highest BCUT2D eigenvalue weighted by Gasteiger charge is 2.16. The summed E-state index contributed by atoms with van der Waals surface area (Å²) in [5.74, 6) is -0.973.